The van der Waals surface area contributed by atoms with Crippen molar-refractivity contribution in [3.8, 4) is 0 Å². The molecule has 5 N–H and O–H groups in total. The molecule has 1 aliphatic heterocycles. The van der Waals surface area contributed by atoms with Crippen LogP contribution in [0.25, 0.3) is 0 Å². The largest absolute Gasteiger partial charge is 0.469 e. The molecular weight excluding hydrogens is 296 g/mol. The van der Waals surface area contributed by atoms with Crippen molar-refractivity contribution in [2.24, 2.45) is 0 Å². The van der Waals surface area contributed by atoms with E-state index in [-0.39, 0.29) is 12.2 Å². The first-order valence-corrected chi connectivity index (χ1v) is 7.17. The van der Waals surface area contributed by atoms with Crippen LogP contribution in [0.4, 0.5) is 5.82 Å². The molecule has 20 heavy (non-hydrogen) atoms. The first kappa shape index (κ1) is 15.1. The van der Waals surface area contributed by atoms with Crippen molar-refractivity contribution >= 4 is 13.6 Å². The number of anilines is 1. The average Bonchev–Trinajstić information content (AvgIpc) is 2.67. The van der Waals surface area contributed by atoms with Crippen LogP contribution in [0.2, 0.25) is 0 Å². The number of phosphoric acid groups is 1. The summed E-state index contributed by atoms with van der Waals surface area (Å²) in [5, 5.41) is 9.74. The Balaban J connectivity index is 2.06. The Bertz CT molecular complexity index is 585. The number of ether oxygens (including phenoxy) is 1. The van der Waals surface area contributed by atoms with E-state index < -0.39 is 38.6 Å². The molecule has 0 bridgehead atoms. The molecule has 3 atom stereocenters. The quantitative estimate of drug-likeness (QED) is 0.387. The van der Waals surface area contributed by atoms with Gasteiger partial charge in [-0.2, -0.15) is 4.98 Å². The number of phosphoric ester groups is 1. The lowest BCUT2D eigenvalue weighted by atomic mass is 10.2. The lowest BCUT2D eigenvalue weighted by molar-refractivity contribution is -0.0450. The molecule has 11 heteroatoms. The molecule has 10 nitrogen and oxygen atoms in total. The van der Waals surface area contributed by atoms with Crippen LogP contribution in [-0.2, 0) is 13.8 Å². The molecule has 2 heterocycles. The number of nitrogens with zero attached hydrogens (tertiary/aromatic N) is 2. The Morgan fingerprint density at radius 2 is 2.30 bits per heavy atom. The van der Waals surface area contributed by atoms with Crippen molar-refractivity contribution in [1.29, 1.82) is 0 Å². The van der Waals surface area contributed by atoms with Crippen LogP contribution in [0.3, 0.4) is 0 Å². The first-order chi connectivity index (χ1) is 9.26. The normalized spacial score (nSPS) is 26.9. The first-order valence-electron chi connectivity index (χ1n) is 5.64. The minimum Gasteiger partial charge on any atom is -0.390 e. The van der Waals surface area contributed by atoms with Gasteiger partial charge in [0.2, 0.25) is 0 Å². The highest BCUT2D eigenvalue weighted by Gasteiger charge is 2.36. The summed E-state index contributed by atoms with van der Waals surface area (Å²) >= 11 is 0. The third kappa shape index (κ3) is 3.63. The van der Waals surface area contributed by atoms with Crippen LogP contribution in [0, 0.1) is 0 Å². The van der Waals surface area contributed by atoms with Gasteiger partial charge in [0.05, 0.1) is 12.7 Å². The summed E-state index contributed by atoms with van der Waals surface area (Å²) < 4.78 is 21.3. The molecule has 2 rings (SSSR count). The number of aliphatic hydroxyl groups excluding tert-OH is 1. The van der Waals surface area contributed by atoms with Crippen molar-refractivity contribution in [3.05, 3.63) is 22.7 Å². The van der Waals surface area contributed by atoms with Gasteiger partial charge in [-0.3, -0.25) is 9.09 Å². The van der Waals surface area contributed by atoms with E-state index in [4.69, 9.17) is 20.3 Å². The van der Waals surface area contributed by atoms with Crippen LogP contribution in [-0.4, -0.2) is 43.3 Å². The molecule has 1 fully saturated rings. The van der Waals surface area contributed by atoms with Gasteiger partial charge in [0.15, 0.2) is 0 Å². The SMILES string of the molecule is [15NH2]c1cc[15n]([C@H]2C[C@H](O)[C@@H](COP(=O)(O)O)O2)c(=O)[15n]1. The van der Waals surface area contributed by atoms with Gasteiger partial charge in [0.1, 0.15) is 18.1 Å². The van der Waals surface area contributed by atoms with E-state index >= 15 is 0 Å². The molecule has 0 amide bonds. The zero-order valence-corrected chi connectivity index (χ0v) is 11.1. The second kappa shape index (κ2) is 5.60. The zero-order valence-electron chi connectivity index (χ0n) is 10.2. The zero-order chi connectivity index (χ0) is 14.9. The maximum atomic E-state index is 11.6. The summed E-state index contributed by atoms with van der Waals surface area (Å²) in [6, 6.07) is 1.40. The van der Waals surface area contributed by atoms with Crippen molar-refractivity contribution in [2.45, 2.75) is 24.9 Å². The summed E-state index contributed by atoms with van der Waals surface area (Å²) in [6.45, 7) is -0.487. The lowest BCUT2D eigenvalue weighted by Gasteiger charge is -2.16. The average molecular weight is 310 g/mol. The van der Waals surface area contributed by atoms with Gasteiger partial charge >= 0.3 is 13.5 Å². The van der Waals surface area contributed by atoms with Gasteiger partial charge in [-0.25, -0.2) is 9.36 Å². The number of hydrogen-bond donors (Lipinski definition) is 4. The molecule has 112 valence electrons. The summed E-state index contributed by atoms with van der Waals surface area (Å²) in [5.74, 6) is 0.0613. The fraction of sp³-hybridized carbons (Fsp3) is 0.556. The summed E-state index contributed by atoms with van der Waals surface area (Å²) in [6.07, 6.45) is -1.32. The van der Waals surface area contributed by atoms with Crippen LogP contribution in [0.5, 0.6) is 0 Å². The third-order valence-electron chi connectivity index (χ3n) is 2.77. The van der Waals surface area contributed by atoms with Crippen LogP contribution in [0.1, 0.15) is 12.6 Å². The van der Waals surface area contributed by atoms with Gasteiger partial charge in [-0.1, -0.05) is 0 Å². The Hall–Kier alpha value is -1.29. The maximum Gasteiger partial charge on any atom is 0.469 e. The van der Waals surface area contributed by atoms with E-state index in [0.29, 0.717) is 0 Å². The van der Waals surface area contributed by atoms with Crippen LogP contribution < -0.4 is 11.4 Å². The third-order valence-corrected chi connectivity index (χ3v) is 3.26. The topological polar surface area (TPSA) is 157 Å². The predicted molar refractivity (Wildman–Crippen MR) is 65.4 cm³/mol. The lowest BCUT2D eigenvalue weighted by Crippen LogP contribution is -2.28. The fourth-order valence-corrected chi connectivity index (χ4v) is 2.19. The van der Waals surface area contributed by atoms with E-state index in [1.807, 2.05) is 0 Å². The predicted octanol–water partition coefficient (Wildman–Crippen LogP) is -1.42. The number of hydrogen-bond acceptors (Lipinski definition) is 7. The highest BCUT2D eigenvalue weighted by molar-refractivity contribution is 7.46. The van der Waals surface area contributed by atoms with Gasteiger partial charge in [-0.05, 0) is 6.07 Å². The Kier molecular flexibility index (Phi) is 4.23. The number of nitrogen functional groups attached to an aromatic ring is 1. The van der Waals surface area contributed by atoms with Crippen LogP contribution in [0.15, 0.2) is 17.1 Å². The van der Waals surface area contributed by atoms with Crippen molar-refractivity contribution < 1.29 is 28.7 Å². The van der Waals surface area contributed by atoms with Gasteiger partial charge in [0, 0.05) is 12.6 Å². The standard InChI is InChI=1S/C9H14N3O7P/c10-7-1-2-12(9(14)11-7)8-3-5(13)6(19-8)4-18-20(15,16)17/h1-2,5-6,8,13H,3-4H2,(H2,10,11,14)(H2,15,16,17)/t5-,6+,8+/m0/s1/i10+1,11+1,12+1. The van der Waals surface area contributed by atoms with Gasteiger partial charge in [0.25, 0.3) is 0 Å². The monoisotopic (exact) mass is 310 g/mol. The number of rotatable bonds is 4. The molecular formula is C9H14N3O7P. The number of nitrogens with two attached hydrogens (primary N) is 1. The van der Waals surface area contributed by atoms with Gasteiger partial charge < -0.3 is 25.4 Å². The Morgan fingerprint density at radius 1 is 1.60 bits per heavy atom. The van der Waals surface area contributed by atoms with Crippen molar-refractivity contribution in [1.82, 2.24) is 9.55 Å². The molecule has 0 aromatic carbocycles. The minimum atomic E-state index is -4.64. The molecule has 1 aromatic heterocycles. The molecule has 1 aliphatic rings. The van der Waals surface area contributed by atoms with Crippen molar-refractivity contribution in [3.63, 3.8) is 0 Å². The van der Waals surface area contributed by atoms with E-state index in [1.165, 1.54) is 12.3 Å². The van der Waals surface area contributed by atoms with E-state index in [1.54, 1.807) is 0 Å². The highest BCUT2D eigenvalue weighted by Crippen LogP contribution is 2.38. The molecule has 0 aliphatic carbocycles. The second-order valence-corrected chi connectivity index (χ2v) is 5.50. The van der Waals surface area contributed by atoms with E-state index in [0.717, 1.165) is 4.57 Å². The summed E-state index contributed by atoms with van der Waals surface area (Å²) in [5.41, 5.74) is 4.72. The number of aromatic nitrogens is 2. The smallest absolute Gasteiger partial charge is 0.390 e. The maximum absolute atomic E-state index is 11.6. The van der Waals surface area contributed by atoms with E-state index in [9.17, 15) is 14.5 Å². The summed E-state index contributed by atoms with van der Waals surface area (Å²) in [4.78, 5) is 32.3. The Labute approximate surface area is 113 Å². The number of aliphatic hydroxyl groups is 1. The minimum absolute atomic E-state index is 0.0613. The molecule has 0 saturated carbocycles. The highest BCUT2D eigenvalue weighted by atomic mass is 31.2. The van der Waals surface area contributed by atoms with E-state index in [2.05, 4.69) is 9.51 Å². The molecule has 0 unspecified atom stereocenters. The van der Waals surface area contributed by atoms with Gasteiger partial charge in [-0.15, -0.1) is 0 Å². The molecule has 0 spiro atoms. The Morgan fingerprint density at radius 3 is 2.90 bits per heavy atom. The molecule has 1 aromatic rings. The molecule has 0 radical (unpaired) electrons. The molecule has 1 saturated heterocycles. The van der Waals surface area contributed by atoms with Crippen LogP contribution >= 0.6 is 7.82 Å². The fourth-order valence-electron chi connectivity index (χ4n) is 1.85. The second-order valence-electron chi connectivity index (χ2n) is 4.26. The summed E-state index contributed by atoms with van der Waals surface area (Å²) in [7, 11) is -4.64. The van der Waals surface area contributed by atoms with Crippen molar-refractivity contribution in [2.75, 3.05) is 12.3 Å².